The zero-order valence-corrected chi connectivity index (χ0v) is 9.89. The van der Waals surface area contributed by atoms with Crippen LogP contribution in [0.1, 0.15) is 55.4 Å². The molecular formula is C12H28N2. The van der Waals surface area contributed by atoms with Crippen molar-refractivity contribution in [3.8, 4) is 0 Å². The van der Waals surface area contributed by atoms with Gasteiger partial charge in [-0.2, -0.15) is 5.10 Å². The third-order valence-corrected chi connectivity index (χ3v) is 1.47. The topological polar surface area (TPSA) is 28.7 Å². The Labute approximate surface area is 90.1 Å². The van der Waals surface area contributed by atoms with E-state index in [-0.39, 0.29) is 7.43 Å². The van der Waals surface area contributed by atoms with Crippen LogP contribution in [-0.2, 0) is 0 Å². The molecule has 0 radical (unpaired) electrons. The Kier molecular flexibility index (Phi) is 16.5. The van der Waals surface area contributed by atoms with Gasteiger partial charge in [0.05, 0.1) is 0 Å². The second-order valence-electron chi connectivity index (χ2n) is 3.68. The van der Waals surface area contributed by atoms with Crippen molar-refractivity contribution in [1.82, 2.24) is 10.2 Å². The standard InChI is InChI=1S/C6H14.C3H4N2.C2H6.CH4/c1-5-6(2,3)4;1-2-4-5-3-1;1-2;/h5H2,1-4H3;1-3H,(H,4,5);1-2H3;1H4. The predicted octanol–water partition coefficient (Wildman–Crippen LogP) is 4.51. The van der Waals surface area contributed by atoms with Gasteiger partial charge in [-0.15, -0.1) is 0 Å². The van der Waals surface area contributed by atoms with Gasteiger partial charge >= 0.3 is 0 Å². The average molecular weight is 200 g/mol. The third kappa shape index (κ3) is 22.5. The molecule has 2 heteroatoms. The van der Waals surface area contributed by atoms with Gasteiger partial charge in [-0.25, -0.2) is 0 Å². The Hall–Kier alpha value is -0.790. The highest BCUT2D eigenvalue weighted by atomic mass is 15.1. The van der Waals surface area contributed by atoms with Crippen LogP contribution in [0.5, 0.6) is 0 Å². The summed E-state index contributed by atoms with van der Waals surface area (Å²) in [4.78, 5) is 0. The van der Waals surface area contributed by atoms with Crippen LogP contribution in [0.4, 0.5) is 0 Å². The minimum absolute atomic E-state index is 0. The Balaban J connectivity index is -0.000000139. The van der Waals surface area contributed by atoms with E-state index in [0.29, 0.717) is 5.41 Å². The van der Waals surface area contributed by atoms with Crippen LogP contribution in [0.3, 0.4) is 0 Å². The molecule has 0 aliphatic heterocycles. The molecule has 0 bridgehead atoms. The van der Waals surface area contributed by atoms with Crippen LogP contribution in [0.2, 0.25) is 0 Å². The van der Waals surface area contributed by atoms with Crippen LogP contribution >= 0.6 is 0 Å². The molecule has 0 aliphatic carbocycles. The van der Waals surface area contributed by atoms with E-state index >= 15 is 0 Å². The summed E-state index contributed by atoms with van der Waals surface area (Å²) >= 11 is 0. The number of aromatic amines is 1. The van der Waals surface area contributed by atoms with E-state index < -0.39 is 0 Å². The lowest BCUT2D eigenvalue weighted by Crippen LogP contribution is -2.00. The molecule has 1 N–H and O–H groups in total. The van der Waals surface area contributed by atoms with Gasteiger partial charge in [-0.3, -0.25) is 5.10 Å². The van der Waals surface area contributed by atoms with Gasteiger partial charge in [0.15, 0.2) is 0 Å². The highest BCUT2D eigenvalue weighted by molar-refractivity contribution is 4.72. The van der Waals surface area contributed by atoms with Crippen molar-refractivity contribution in [2.45, 2.75) is 55.4 Å². The fourth-order valence-electron chi connectivity index (χ4n) is 0.215. The first-order chi connectivity index (χ1) is 6.06. The summed E-state index contributed by atoms with van der Waals surface area (Å²) in [6, 6.07) is 1.83. The lowest BCUT2D eigenvalue weighted by atomic mass is 9.94. The molecule has 1 rings (SSSR count). The normalized spacial score (nSPS) is 8.43. The lowest BCUT2D eigenvalue weighted by Gasteiger charge is -2.12. The summed E-state index contributed by atoms with van der Waals surface area (Å²) in [5, 5.41) is 6.21. The van der Waals surface area contributed by atoms with E-state index in [9.17, 15) is 0 Å². The molecule has 0 saturated heterocycles. The van der Waals surface area contributed by atoms with Crippen molar-refractivity contribution >= 4 is 0 Å². The Bertz CT molecular complexity index is 132. The van der Waals surface area contributed by atoms with E-state index in [1.54, 1.807) is 12.4 Å². The SMILES string of the molecule is C.CC.CCC(C)(C)C.c1cn[nH]c1. The van der Waals surface area contributed by atoms with Crippen LogP contribution in [0.25, 0.3) is 0 Å². The highest BCUT2D eigenvalue weighted by Crippen LogP contribution is 2.16. The number of nitrogens with one attached hydrogen (secondary N) is 1. The zero-order chi connectivity index (χ0) is 10.7. The zero-order valence-electron chi connectivity index (χ0n) is 9.89. The number of H-pyrrole nitrogens is 1. The van der Waals surface area contributed by atoms with Crippen molar-refractivity contribution in [3.05, 3.63) is 18.5 Å². The molecule has 1 aromatic heterocycles. The molecule has 0 saturated carbocycles. The largest absolute Gasteiger partial charge is 0.286 e. The van der Waals surface area contributed by atoms with Gasteiger partial charge in [0.25, 0.3) is 0 Å². The van der Waals surface area contributed by atoms with E-state index in [1.165, 1.54) is 6.42 Å². The van der Waals surface area contributed by atoms with E-state index in [0.717, 1.165) is 0 Å². The number of aromatic nitrogens is 2. The minimum atomic E-state index is 0. The minimum Gasteiger partial charge on any atom is -0.286 e. The van der Waals surface area contributed by atoms with Gasteiger partial charge in [-0.1, -0.05) is 55.4 Å². The maximum absolute atomic E-state index is 3.60. The second-order valence-corrected chi connectivity index (χ2v) is 3.68. The predicted molar refractivity (Wildman–Crippen MR) is 66.4 cm³/mol. The Morgan fingerprint density at radius 2 is 1.64 bits per heavy atom. The molecule has 86 valence electrons. The molecule has 1 aromatic rings. The Morgan fingerprint density at radius 1 is 1.21 bits per heavy atom. The van der Waals surface area contributed by atoms with Crippen molar-refractivity contribution in [3.63, 3.8) is 0 Å². The molecule has 0 unspecified atom stereocenters. The van der Waals surface area contributed by atoms with Crippen molar-refractivity contribution in [1.29, 1.82) is 0 Å². The van der Waals surface area contributed by atoms with Gasteiger partial charge in [0, 0.05) is 12.4 Å². The number of nitrogens with zero attached hydrogens (tertiary/aromatic N) is 1. The summed E-state index contributed by atoms with van der Waals surface area (Å²) in [5.74, 6) is 0. The van der Waals surface area contributed by atoms with E-state index in [2.05, 4.69) is 37.9 Å². The summed E-state index contributed by atoms with van der Waals surface area (Å²) in [6.07, 6.45) is 4.73. The highest BCUT2D eigenvalue weighted by Gasteiger charge is 2.03. The van der Waals surface area contributed by atoms with E-state index in [4.69, 9.17) is 0 Å². The monoisotopic (exact) mass is 200 g/mol. The third-order valence-electron chi connectivity index (χ3n) is 1.47. The Morgan fingerprint density at radius 3 is 1.71 bits per heavy atom. The van der Waals surface area contributed by atoms with Crippen LogP contribution in [0, 0.1) is 5.41 Å². The second kappa shape index (κ2) is 12.2. The summed E-state index contributed by atoms with van der Waals surface area (Å²) < 4.78 is 0. The fraction of sp³-hybridized carbons (Fsp3) is 0.750. The van der Waals surface area contributed by atoms with Crippen LogP contribution in [0.15, 0.2) is 18.5 Å². The quantitative estimate of drug-likeness (QED) is 0.655. The number of rotatable bonds is 0. The number of hydrogen-bond donors (Lipinski definition) is 1. The molecule has 14 heavy (non-hydrogen) atoms. The molecule has 2 nitrogen and oxygen atoms in total. The smallest absolute Gasteiger partial charge is 0.0487 e. The van der Waals surface area contributed by atoms with Gasteiger partial charge < -0.3 is 0 Å². The fourth-order valence-corrected chi connectivity index (χ4v) is 0.215. The summed E-state index contributed by atoms with van der Waals surface area (Å²) in [7, 11) is 0. The van der Waals surface area contributed by atoms with Crippen molar-refractivity contribution in [2.24, 2.45) is 5.41 Å². The summed E-state index contributed by atoms with van der Waals surface area (Å²) in [5.41, 5.74) is 0.542. The van der Waals surface area contributed by atoms with Crippen LogP contribution in [-0.4, -0.2) is 10.2 Å². The first-order valence-electron chi connectivity index (χ1n) is 5.00. The van der Waals surface area contributed by atoms with Gasteiger partial charge in [0.2, 0.25) is 0 Å². The van der Waals surface area contributed by atoms with Crippen molar-refractivity contribution < 1.29 is 0 Å². The number of hydrogen-bond acceptors (Lipinski definition) is 1. The molecule has 0 fully saturated rings. The molecule has 0 amide bonds. The molecular weight excluding hydrogens is 172 g/mol. The van der Waals surface area contributed by atoms with E-state index in [1.807, 2.05) is 19.9 Å². The first kappa shape index (κ1) is 18.9. The first-order valence-corrected chi connectivity index (χ1v) is 5.00. The van der Waals surface area contributed by atoms with Gasteiger partial charge in [-0.05, 0) is 11.5 Å². The molecule has 0 atom stereocenters. The summed E-state index contributed by atoms with van der Waals surface area (Å²) in [6.45, 7) is 12.9. The maximum Gasteiger partial charge on any atom is 0.0487 e. The van der Waals surface area contributed by atoms with Crippen LogP contribution < -0.4 is 0 Å². The average Bonchev–Trinajstić information content (AvgIpc) is 2.64. The van der Waals surface area contributed by atoms with Crippen molar-refractivity contribution in [2.75, 3.05) is 0 Å². The lowest BCUT2D eigenvalue weighted by molar-refractivity contribution is 0.398. The molecule has 1 heterocycles. The maximum atomic E-state index is 3.60. The molecule has 0 aliphatic rings. The molecule has 0 spiro atoms. The van der Waals surface area contributed by atoms with Gasteiger partial charge in [0.1, 0.15) is 0 Å². The molecule has 0 aromatic carbocycles.